The third-order valence-electron chi connectivity index (χ3n) is 5.18. The minimum atomic E-state index is -4.80. The van der Waals surface area contributed by atoms with Gasteiger partial charge in [0.25, 0.3) is 5.91 Å². The maximum Gasteiger partial charge on any atom is 0.417 e. The summed E-state index contributed by atoms with van der Waals surface area (Å²) in [5.74, 6) is -0.855. The minimum absolute atomic E-state index is 0.361. The molecule has 0 radical (unpaired) electrons. The number of amides is 1. The van der Waals surface area contributed by atoms with Crippen LogP contribution in [0.3, 0.4) is 0 Å². The Bertz CT molecular complexity index is 1420. The van der Waals surface area contributed by atoms with Gasteiger partial charge in [0, 0.05) is 27.7 Å². The first-order chi connectivity index (χ1) is 16.7. The lowest BCUT2D eigenvalue weighted by Gasteiger charge is -2.22. The van der Waals surface area contributed by atoms with Crippen molar-refractivity contribution < 1.29 is 26.4 Å². The number of nitrogens with zero attached hydrogens (tertiary/aromatic N) is 3. The van der Waals surface area contributed by atoms with Crippen LogP contribution < -0.4 is 9.73 Å². The molecule has 1 heterocycles. The van der Waals surface area contributed by atoms with Crippen molar-refractivity contribution in [3.63, 3.8) is 0 Å². The zero-order valence-corrected chi connectivity index (χ0v) is 21.6. The largest absolute Gasteiger partial charge is 0.417 e. The molecule has 0 aliphatic rings. The SMILES string of the molecule is Cc1cc(/C=N/NC(=O)CN(c2ccc(Cl)c(C(F)(F)F)c2)S(C)(=O)=O)c(C)n1-c1ccc(Cl)cc1. The van der Waals surface area contributed by atoms with E-state index in [2.05, 4.69) is 10.5 Å². The second-order valence-electron chi connectivity index (χ2n) is 7.86. The molecule has 0 unspecified atom stereocenters. The molecule has 192 valence electrons. The maximum absolute atomic E-state index is 13.2. The monoisotopic (exact) mass is 560 g/mol. The van der Waals surface area contributed by atoms with E-state index < -0.39 is 39.2 Å². The van der Waals surface area contributed by atoms with Gasteiger partial charge in [-0.2, -0.15) is 18.3 Å². The predicted octanol–water partition coefficient (Wildman–Crippen LogP) is 5.34. The summed E-state index contributed by atoms with van der Waals surface area (Å²) in [5, 5.41) is 3.89. The number of hydrazone groups is 1. The number of hydrogen-bond donors (Lipinski definition) is 1. The van der Waals surface area contributed by atoms with Crippen molar-refractivity contribution in [1.29, 1.82) is 0 Å². The van der Waals surface area contributed by atoms with E-state index in [1.165, 1.54) is 6.21 Å². The first-order valence-corrected chi connectivity index (χ1v) is 12.9. The molecule has 0 bridgehead atoms. The van der Waals surface area contributed by atoms with Gasteiger partial charge in [-0.1, -0.05) is 23.2 Å². The number of alkyl halides is 3. The summed E-state index contributed by atoms with van der Waals surface area (Å²) in [6.07, 6.45) is -2.64. The van der Waals surface area contributed by atoms with Crippen molar-refractivity contribution in [2.24, 2.45) is 5.10 Å². The lowest BCUT2D eigenvalue weighted by molar-refractivity contribution is -0.137. The Morgan fingerprint density at radius 3 is 2.33 bits per heavy atom. The Labute approximate surface area is 216 Å². The highest BCUT2D eigenvalue weighted by Gasteiger charge is 2.34. The molecule has 1 aromatic heterocycles. The fourth-order valence-corrected chi connectivity index (χ4v) is 4.73. The third-order valence-corrected chi connectivity index (χ3v) is 6.90. The van der Waals surface area contributed by atoms with Crippen LogP contribution in [-0.4, -0.2) is 37.9 Å². The van der Waals surface area contributed by atoms with Gasteiger partial charge in [0.15, 0.2) is 0 Å². The van der Waals surface area contributed by atoms with Crippen LogP contribution in [0.25, 0.3) is 5.69 Å². The summed E-state index contributed by atoms with van der Waals surface area (Å²) in [7, 11) is -4.11. The first-order valence-electron chi connectivity index (χ1n) is 10.3. The van der Waals surface area contributed by atoms with Gasteiger partial charge < -0.3 is 4.57 Å². The Hall–Kier alpha value is -3.02. The van der Waals surface area contributed by atoms with Gasteiger partial charge in [0.2, 0.25) is 10.0 Å². The quantitative estimate of drug-likeness (QED) is 0.313. The lowest BCUT2D eigenvalue weighted by atomic mass is 10.2. The number of sulfonamides is 1. The van der Waals surface area contributed by atoms with E-state index >= 15 is 0 Å². The number of aromatic nitrogens is 1. The van der Waals surface area contributed by atoms with Crippen LogP contribution in [0.2, 0.25) is 10.0 Å². The van der Waals surface area contributed by atoms with Crippen molar-refractivity contribution in [3.05, 3.63) is 81.1 Å². The van der Waals surface area contributed by atoms with Crippen molar-refractivity contribution in [1.82, 2.24) is 9.99 Å². The fourth-order valence-electron chi connectivity index (χ4n) is 3.53. The number of carbonyl (C=O) groups excluding carboxylic acids is 1. The molecule has 2 aromatic carbocycles. The highest BCUT2D eigenvalue weighted by Crippen LogP contribution is 2.37. The van der Waals surface area contributed by atoms with Gasteiger partial charge in [0.05, 0.1) is 28.7 Å². The van der Waals surface area contributed by atoms with E-state index in [1.54, 1.807) is 12.1 Å². The van der Waals surface area contributed by atoms with E-state index in [4.69, 9.17) is 23.2 Å². The van der Waals surface area contributed by atoms with Crippen LogP contribution in [0, 0.1) is 13.8 Å². The number of rotatable bonds is 7. The van der Waals surface area contributed by atoms with E-state index in [9.17, 15) is 26.4 Å². The van der Waals surface area contributed by atoms with Gasteiger partial charge >= 0.3 is 6.18 Å². The standard InChI is InChI=1S/C23H21Cl2F3N4O3S/c1-14-10-16(15(2)32(14)18-6-4-17(24)5-7-18)12-29-30-22(33)13-31(36(3,34)35)19-8-9-21(25)20(11-19)23(26,27)28/h4-12H,13H2,1-3H3,(H,30,33)/b29-12+. The molecule has 3 aromatic rings. The van der Waals surface area contributed by atoms with Gasteiger partial charge in [-0.25, -0.2) is 13.8 Å². The summed E-state index contributed by atoms with van der Waals surface area (Å²) in [4.78, 5) is 12.4. The molecule has 7 nitrogen and oxygen atoms in total. The molecule has 3 rings (SSSR count). The smallest absolute Gasteiger partial charge is 0.318 e. The number of hydrogen-bond acceptors (Lipinski definition) is 4. The lowest BCUT2D eigenvalue weighted by Crippen LogP contribution is -2.39. The molecule has 0 aliphatic carbocycles. The van der Waals surface area contributed by atoms with Crippen molar-refractivity contribution in [2.75, 3.05) is 17.1 Å². The van der Waals surface area contributed by atoms with Crippen LogP contribution in [0.4, 0.5) is 18.9 Å². The predicted molar refractivity (Wildman–Crippen MR) is 135 cm³/mol. The van der Waals surface area contributed by atoms with E-state index in [-0.39, 0.29) is 5.69 Å². The molecule has 1 amide bonds. The van der Waals surface area contributed by atoms with Crippen molar-refractivity contribution >= 4 is 51.0 Å². The number of aryl methyl sites for hydroxylation is 1. The number of nitrogens with one attached hydrogen (secondary N) is 1. The van der Waals surface area contributed by atoms with E-state index in [1.807, 2.05) is 36.6 Å². The average Bonchev–Trinajstić information content (AvgIpc) is 3.05. The zero-order chi connectivity index (χ0) is 26.8. The topological polar surface area (TPSA) is 83.8 Å². The Balaban J connectivity index is 1.78. The molecule has 0 saturated heterocycles. The summed E-state index contributed by atoms with van der Waals surface area (Å²) in [5.41, 5.74) is 3.92. The van der Waals surface area contributed by atoms with Gasteiger partial charge in [-0.3, -0.25) is 9.10 Å². The van der Waals surface area contributed by atoms with E-state index in [0.29, 0.717) is 21.0 Å². The highest BCUT2D eigenvalue weighted by atomic mass is 35.5. The van der Waals surface area contributed by atoms with Crippen molar-refractivity contribution in [3.8, 4) is 5.69 Å². The van der Waals surface area contributed by atoms with Gasteiger partial charge in [-0.15, -0.1) is 0 Å². The van der Waals surface area contributed by atoms with Crippen LogP contribution in [0.15, 0.2) is 53.6 Å². The second-order valence-corrected chi connectivity index (χ2v) is 10.6. The summed E-state index contributed by atoms with van der Waals surface area (Å²) in [6, 6.07) is 11.6. The first kappa shape index (κ1) is 27.6. The molecule has 0 spiro atoms. The number of anilines is 1. The zero-order valence-electron chi connectivity index (χ0n) is 19.3. The summed E-state index contributed by atoms with van der Waals surface area (Å²) < 4.78 is 66.6. The van der Waals surface area contributed by atoms with Gasteiger partial charge in [-0.05, 0) is 62.4 Å². The van der Waals surface area contributed by atoms with Crippen molar-refractivity contribution in [2.45, 2.75) is 20.0 Å². The van der Waals surface area contributed by atoms with Crippen LogP contribution >= 0.6 is 23.2 Å². The van der Waals surface area contributed by atoms with E-state index in [0.717, 1.165) is 35.5 Å². The molecule has 0 fully saturated rings. The Kier molecular flexibility index (Phi) is 8.07. The molecule has 0 saturated carbocycles. The normalized spacial score (nSPS) is 12.2. The molecular weight excluding hydrogens is 540 g/mol. The minimum Gasteiger partial charge on any atom is -0.318 e. The van der Waals surface area contributed by atoms with Crippen LogP contribution in [0.5, 0.6) is 0 Å². The maximum atomic E-state index is 13.2. The van der Waals surface area contributed by atoms with Crippen LogP contribution in [-0.2, 0) is 21.0 Å². The fraction of sp³-hybridized carbons (Fsp3) is 0.217. The molecule has 0 atom stereocenters. The molecule has 36 heavy (non-hydrogen) atoms. The molecule has 0 aliphatic heterocycles. The Morgan fingerprint density at radius 1 is 1.11 bits per heavy atom. The van der Waals surface area contributed by atoms with Crippen LogP contribution in [0.1, 0.15) is 22.5 Å². The molecule has 1 N–H and O–H groups in total. The Morgan fingerprint density at radius 2 is 1.75 bits per heavy atom. The number of benzene rings is 2. The number of carbonyl (C=O) groups is 1. The molecule has 13 heteroatoms. The average molecular weight is 561 g/mol. The summed E-state index contributed by atoms with van der Waals surface area (Å²) >= 11 is 11.6. The number of halogens is 5. The van der Waals surface area contributed by atoms with Gasteiger partial charge in [0.1, 0.15) is 6.54 Å². The highest BCUT2D eigenvalue weighted by molar-refractivity contribution is 7.92. The second kappa shape index (κ2) is 10.5. The third kappa shape index (κ3) is 6.40. The molecular formula is C23H21Cl2F3N4O3S. The summed E-state index contributed by atoms with van der Waals surface area (Å²) in [6.45, 7) is 2.96.